The molecule has 0 bridgehead atoms. The first kappa shape index (κ1) is 13.0. The van der Waals surface area contributed by atoms with E-state index in [1.165, 1.54) is 0 Å². The molecule has 4 heteroatoms. The fourth-order valence-corrected chi connectivity index (χ4v) is 3.76. The molecular formula is C17H15BrN2O. The van der Waals surface area contributed by atoms with Crippen molar-refractivity contribution in [2.75, 3.05) is 13.1 Å². The molecule has 0 saturated carbocycles. The third-order valence-corrected chi connectivity index (χ3v) is 4.93. The Labute approximate surface area is 132 Å². The lowest BCUT2D eigenvalue weighted by molar-refractivity contribution is 0.0457. The van der Waals surface area contributed by atoms with E-state index in [0.29, 0.717) is 0 Å². The maximum atomic E-state index is 12.8. The van der Waals surface area contributed by atoms with E-state index in [0.717, 1.165) is 40.7 Å². The molecule has 0 spiro atoms. The lowest BCUT2D eigenvalue weighted by atomic mass is 9.89. The van der Waals surface area contributed by atoms with E-state index in [1.807, 2.05) is 35.2 Å². The highest BCUT2D eigenvalue weighted by Crippen LogP contribution is 2.43. The first-order chi connectivity index (χ1) is 10.2. The van der Waals surface area contributed by atoms with Crippen LogP contribution in [0.2, 0.25) is 0 Å². The Morgan fingerprint density at radius 1 is 1.10 bits per heavy atom. The van der Waals surface area contributed by atoms with Gasteiger partial charge in [0.2, 0.25) is 0 Å². The van der Waals surface area contributed by atoms with Gasteiger partial charge in [-0.3, -0.25) is 10.1 Å². The molecule has 1 unspecified atom stereocenters. The molecule has 1 saturated heterocycles. The Morgan fingerprint density at radius 2 is 1.86 bits per heavy atom. The highest BCUT2D eigenvalue weighted by atomic mass is 79.9. The zero-order chi connectivity index (χ0) is 14.4. The molecule has 0 aromatic heterocycles. The topological polar surface area (TPSA) is 32.3 Å². The number of nitrogens with one attached hydrogen (secondary N) is 1. The van der Waals surface area contributed by atoms with E-state index in [4.69, 9.17) is 0 Å². The van der Waals surface area contributed by atoms with Crippen LogP contribution in [0.4, 0.5) is 0 Å². The van der Waals surface area contributed by atoms with Crippen molar-refractivity contribution in [1.29, 1.82) is 0 Å². The average Bonchev–Trinajstić information content (AvgIpc) is 2.80. The van der Waals surface area contributed by atoms with Crippen molar-refractivity contribution in [3.63, 3.8) is 0 Å². The van der Waals surface area contributed by atoms with Crippen LogP contribution in [0.15, 0.2) is 53.0 Å². The molecule has 1 amide bonds. The van der Waals surface area contributed by atoms with Crippen LogP contribution in [0, 0.1) is 0 Å². The zero-order valence-corrected chi connectivity index (χ0v) is 13.1. The summed E-state index contributed by atoms with van der Waals surface area (Å²) in [6, 6.07) is 16.2. The Kier molecular flexibility index (Phi) is 2.91. The highest BCUT2D eigenvalue weighted by molar-refractivity contribution is 9.10. The molecule has 2 aromatic carbocycles. The quantitative estimate of drug-likeness (QED) is 0.863. The highest BCUT2D eigenvalue weighted by Gasteiger charge is 2.51. The summed E-state index contributed by atoms with van der Waals surface area (Å²) in [5.41, 5.74) is 2.49. The van der Waals surface area contributed by atoms with Gasteiger partial charge in [0.1, 0.15) is 5.66 Å². The van der Waals surface area contributed by atoms with E-state index in [1.54, 1.807) is 0 Å². The summed E-state index contributed by atoms with van der Waals surface area (Å²) < 4.78 is 1.04. The Hall–Kier alpha value is -1.65. The second-order valence-corrected chi connectivity index (χ2v) is 6.42. The molecule has 0 radical (unpaired) electrons. The number of amides is 1. The number of benzene rings is 2. The van der Waals surface area contributed by atoms with Gasteiger partial charge in [-0.05, 0) is 36.7 Å². The van der Waals surface area contributed by atoms with Gasteiger partial charge < -0.3 is 4.90 Å². The summed E-state index contributed by atoms with van der Waals surface area (Å²) in [6.07, 6.45) is 0.984. The first-order valence-electron chi connectivity index (χ1n) is 7.16. The summed E-state index contributed by atoms with van der Waals surface area (Å²) in [5, 5.41) is 3.61. The number of nitrogens with zero attached hydrogens (tertiary/aromatic N) is 1. The Morgan fingerprint density at radius 3 is 2.67 bits per heavy atom. The number of carbonyl (C=O) groups excluding carboxylic acids is 1. The van der Waals surface area contributed by atoms with Gasteiger partial charge >= 0.3 is 0 Å². The molecular weight excluding hydrogens is 328 g/mol. The summed E-state index contributed by atoms with van der Waals surface area (Å²) in [5.74, 6) is 0.126. The van der Waals surface area contributed by atoms with Crippen LogP contribution in [0.1, 0.15) is 27.9 Å². The van der Waals surface area contributed by atoms with Crippen LogP contribution in [0.25, 0.3) is 0 Å². The summed E-state index contributed by atoms with van der Waals surface area (Å²) in [6.45, 7) is 1.70. The predicted molar refractivity (Wildman–Crippen MR) is 85.0 cm³/mol. The van der Waals surface area contributed by atoms with Crippen LogP contribution in [0.3, 0.4) is 0 Å². The van der Waals surface area contributed by atoms with Gasteiger partial charge in [0.25, 0.3) is 5.91 Å². The number of fused-ring (bicyclic) bond motifs is 3. The van der Waals surface area contributed by atoms with Gasteiger partial charge in [0.15, 0.2) is 0 Å². The Bertz CT molecular complexity index is 713. The maximum absolute atomic E-state index is 12.8. The largest absolute Gasteiger partial charge is 0.312 e. The van der Waals surface area contributed by atoms with Gasteiger partial charge in [0, 0.05) is 22.1 Å². The van der Waals surface area contributed by atoms with Crippen molar-refractivity contribution in [3.05, 3.63) is 69.7 Å². The molecule has 1 fully saturated rings. The zero-order valence-electron chi connectivity index (χ0n) is 11.5. The van der Waals surface area contributed by atoms with E-state index in [9.17, 15) is 4.79 Å². The van der Waals surface area contributed by atoms with E-state index < -0.39 is 5.66 Å². The van der Waals surface area contributed by atoms with Gasteiger partial charge in [-0.1, -0.05) is 46.3 Å². The minimum absolute atomic E-state index is 0.126. The number of hydrogen-bond acceptors (Lipinski definition) is 2. The third-order valence-electron chi connectivity index (χ3n) is 4.40. The van der Waals surface area contributed by atoms with Crippen LogP contribution < -0.4 is 5.32 Å². The predicted octanol–water partition coefficient (Wildman–Crippen LogP) is 3.10. The lowest BCUT2D eigenvalue weighted by Gasteiger charge is -2.44. The molecule has 1 N–H and O–H groups in total. The fraction of sp³-hybridized carbons (Fsp3) is 0.235. The van der Waals surface area contributed by atoms with Crippen molar-refractivity contribution in [2.45, 2.75) is 12.1 Å². The smallest absolute Gasteiger partial charge is 0.256 e. The standard InChI is InChI=1S/C17H15BrN2O/c18-13-8-6-12(7-9-13)17-15-5-2-1-4-14(15)16(21)20(17)11-3-10-19-17/h1-2,4-9,19H,3,10-11H2. The molecule has 106 valence electrons. The molecule has 2 aliphatic rings. The van der Waals surface area contributed by atoms with Crippen molar-refractivity contribution >= 4 is 21.8 Å². The monoisotopic (exact) mass is 342 g/mol. The van der Waals surface area contributed by atoms with Crippen molar-refractivity contribution in [1.82, 2.24) is 10.2 Å². The van der Waals surface area contributed by atoms with Crippen LogP contribution in [-0.2, 0) is 5.66 Å². The molecule has 1 atom stereocenters. The molecule has 2 aliphatic heterocycles. The minimum Gasteiger partial charge on any atom is -0.312 e. The van der Waals surface area contributed by atoms with E-state index in [2.05, 4.69) is 39.4 Å². The number of carbonyl (C=O) groups is 1. The van der Waals surface area contributed by atoms with Crippen LogP contribution in [-0.4, -0.2) is 23.9 Å². The second kappa shape index (κ2) is 4.68. The van der Waals surface area contributed by atoms with Crippen LogP contribution in [0.5, 0.6) is 0 Å². The van der Waals surface area contributed by atoms with Gasteiger partial charge in [-0.15, -0.1) is 0 Å². The molecule has 2 aromatic rings. The van der Waals surface area contributed by atoms with Crippen LogP contribution >= 0.6 is 15.9 Å². The third kappa shape index (κ3) is 1.72. The molecule has 21 heavy (non-hydrogen) atoms. The lowest BCUT2D eigenvalue weighted by Crippen LogP contribution is -2.59. The summed E-state index contributed by atoms with van der Waals surface area (Å²) in [4.78, 5) is 14.7. The second-order valence-electron chi connectivity index (χ2n) is 5.50. The number of hydrogen-bond donors (Lipinski definition) is 1. The SMILES string of the molecule is O=C1c2ccccc2C2(c3ccc(Br)cc3)NCCCN12. The minimum atomic E-state index is -0.507. The first-order valence-corrected chi connectivity index (χ1v) is 7.95. The normalized spacial score (nSPS) is 23.9. The van der Waals surface area contributed by atoms with Crippen molar-refractivity contribution < 1.29 is 4.79 Å². The summed E-state index contributed by atoms with van der Waals surface area (Å²) in [7, 11) is 0. The number of rotatable bonds is 1. The van der Waals surface area contributed by atoms with Gasteiger partial charge in [-0.25, -0.2) is 0 Å². The maximum Gasteiger partial charge on any atom is 0.256 e. The fourth-order valence-electron chi connectivity index (χ4n) is 3.50. The molecule has 2 heterocycles. The molecule has 4 rings (SSSR count). The van der Waals surface area contributed by atoms with Crippen molar-refractivity contribution in [3.8, 4) is 0 Å². The van der Waals surface area contributed by atoms with Gasteiger partial charge in [0.05, 0.1) is 0 Å². The van der Waals surface area contributed by atoms with E-state index >= 15 is 0 Å². The number of halogens is 1. The average molecular weight is 343 g/mol. The molecule has 3 nitrogen and oxygen atoms in total. The van der Waals surface area contributed by atoms with E-state index in [-0.39, 0.29) is 5.91 Å². The van der Waals surface area contributed by atoms with Gasteiger partial charge in [-0.2, -0.15) is 0 Å². The molecule has 0 aliphatic carbocycles. The summed E-state index contributed by atoms with van der Waals surface area (Å²) >= 11 is 3.48. The van der Waals surface area contributed by atoms with Crippen molar-refractivity contribution in [2.24, 2.45) is 0 Å². The Balaban J connectivity index is 1.98.